The molecule has 0 heterocycles. The van der Waals surface area contributed by atoms with Crippen LogP contribution in [0.15, 0.2) is 78.9 Å². The van der Waals surface area contributed by atoms with Crippen LogP contribution in [-0.2, 0) is 33.8 Å². The van der Waals surface area contributed by atoms with Gasteiger partial charge in [-0.3, -0.25) is 4.79 Å². The molecule has 0 radical (unpaired) electrons. The van der Waals surface area contributed by atoms with Gasteiger partial charge in [0.2, 0.25) is 5.91 Å². The van der Waals surface area contributed by atoms with E-state index in [1.807, 2.05) is 30.3 Å². The van der Waals surface area contributed by atoms with Crippen molar-refractivity contribution in [2.24, 2.45) is 0 Å². The molecule has 1 unspecified atom stereocenters. The average Bonchev–Trinajstić information content (AvgIpc) is 2.75. The van der Waals surface area contributed by atoms with Crippen LogP contribution in [0.3, 0.4) is 0 Å². The Morgan fingerprint density at radius 3 is 1.93 bits per heavy atom. The zero-order valence-corrected chi connectivity index (χ0v) is 16.3. The van der Waals surface area contributed by atoms with Crippen molar-refractivity contribution in [1.29, 1.82) is 0 Å². The largest absolute Gasteiger partial charge is 0.508 e. The van der Waals surface area contributed by atoms with Crippen molar-refractivity contribution in [3.63, 3.8) is 0 Å². The van der Waals surface area contributed by atoms with E-state index in [0.29, 0.717) is 5.56 Å². The molecule has 0 bridgehead atoms. The van der Waals surface area contributed by atoms with Gasteiger partial charge in [0, 0.05) is 6.42 Å². The molecular weight excluding hydrogens is 382 g/mol. The summed E-state index contributed by atoms with van der Waals surface area (Å²) < 4.78 is 5.42. The van der Waals surface area contributed by atoms with E-state index in [0.717, 1.165) is 11.1 Å². The van der Waals surface area contributed by atoms with E-state index in [-0.39, 0.29) is 36.9 Å². The van der Waals surface area contributed by atoms with Crippen molar-refractivity contribution in [3.8, 4) is 11.5 Å². The molecule has 154 valence electrons. The van der Waals surface area contributed by atoms with Gasteiger partial charge in [-0.2, -0.15) is 0 Å². The minimum Gasteiger partial charge on any atom is -0.508 e. The number of amides is 1. The Hall–Kier alpha value is -3.80. The number of rotatable bonds is 8. The van der Waals surface area contributed by atoms with Crippen LogP contribution in [-0.4, -0.2) is 28.1 Å². The van der Waals surface area contributed by atoms with Crippen LogP contribution in [0, 0.1) is 0 Å². The van der Waals surface area contributed by atoms with Gasteiger partial charge in [0.1, 0.15) is 24.1 Å². The second-order valence-corrected chi connectivity index (χ2v) is 6.93. The van der Waals surface area contributed by atoms with Crippen LogP contribution in [0.4, 0.5) is 0 Å². The molecule has 0 aliphatic carbocycles. The highest BCUT2D eigenvalue weighted by Gasteiger charge is 2.23. The zero-order valence-electron chi connectivity index (χ0n) is 16.3. The average molecular weight is 405 g/mol. The highest BCUT2D eigenvalue weighted by molar-refractivity contribution is 5.85. The van der Waals surface area contributed by atoms with Gasteiger partial charge < -0.3 is 20.3 Å². The molecule has 6 heteroatoms. The third-order valence-corrected chi connectivity index (χ3v) is 4.52. The lowest BCUT2D eigenvalue weighted by Gasteiger charge is -2.18. The van der Waals surface area contributed by atoms with E-state index >= 15 is 0 Å². The molecule has 0 spiro atoms. The van der Waals surface area contributed by atoms with Gasteiger partial charge in [0.05, 0.1) is 6.42 Å². The summed E-state index contributed by atoms with van der Waals surface area (Å²) in [6, 6.07) is 21.2. The Labute approximate surface area is 174 Å². The summed E-state index contributed by atoms with van der Waals surface area (Å²) >= 11 is 0. The molecule has 6 nitrogen and oxygen atoms in total. The maximum absolute atomic E-state index is 12.7. The van der Waals surface area contributed by atoms with E-state index < -0.39 is 12.0 Å². The fourth-order valence-electron chi connectivity index (χ4n) is 2.93. The number of carbonyl (C=O) groups is 2. The minimum absolute atomic E-state index is 0.0678. The van der Waals surface area contributed by atoms with Crippen molar-refractivity contribution in [1.82, 2.24) is 5.32 Å². The van der Waals surface area contributed by atoms with Crippen LogP contribution in [0.25, 0.3) is 0 Å². The number of carbonyl (C=O) groups excluding carboxylic acids is 2. The third-order valence-electron chi connectivity index (χ3n) is 4.52. The highest BCUT2D eigenvalue weighted by atomic mass is 16.5. The fraction of sp³-hybridized carbons (Fsp3) is 0.167. The zero-order chi connectivity index (χ0) is 21.3. The minimum atomic E-state index is -0.872. The predicted octanol–water partition coefficient (Wildman–Crippen LogP) is 3.11. The molecule has 3 aromatic rings. The molecule has 0 aliphatic heterocycles. The SMILES string of the molecule is O=C(Cc1ccc(O)cc1)NC(Cc1ccc(O)cc1)C(=O)OCc1ccccc1. The summed E-state index contributed by atoms with van der Waals surface area (Å²) in [4.78, 5) is 25.2. The molecular formula is C24H23NO5. The summed E-state index contributed by atoms with van der Waals surface area (Å²) in [5, 5.41) is 21.6. The smallest absolute Gasteiger partial charge is 0.329 e. The van der Waals surface area contributed by atoms with Gasteiger partial charge in [0.25, 0.3) is 0 Å². The molecule has 30 heavy (non-hydrogen) atoms. The molecule has 0 saturated heterocycles. The summed E-state index contributed by atoms with van der Waals surface area (Å²) in [5.74, 6) is -0.626. The molecule has 0 saturated carbocycles. The van der Waals surface area contributed by atoms with Gasteiger partial charge in [-0.1, -0.05) is 54.6 Å². The molecule has 1 atom stereocenters. The molecule has 3 N–H and O–H groups in total. The molecule has 3 rings (SSSR count). The lowest BCUT2D eigenvalue weighted by molar-refractivity contribution is -0.149. The molecule has 0 aliphatic rings. The normalized spacial score (nSPS) is 11.5. The monoisotopic (exact) mass is 405 g/mol. The van der Waals surface area contributed by atoms with E-state index in [1.54, 1.807) is 24.3 Å². The van der Waals surface area contributed by atoms with E-state index in [1.165, 1.54) is 24.3 Å². The Kier molecular flexibility index (Phi) is 7.05. The standard InChI is InChI=1S/C24H23NO5/c26-20-10-6-17(7-11-20)14-22(24(29)30-16-19-4-2-1-3-5-19)25-23(28)15-18-8-12-21(27)13-9-18/h1-13,22,26-27H,14-16H2,(H,25,28). The maximum atomic E-state index is 12.7. The highest BCUT2D eigenvalue weighted by Crippen LogP contribution is 2.14. The van der Waals surface area contributed by atoms with Crippen molar-refractivity contribution < 1.29 is 24.5 Å². The lowest BCUT2D eigenvalue weighted by atomic mass is 10.0. The number of ether oxygens (including phenoxy) is 1. The van der Waals surface area contributed by atoms with Crippen molar-refractivity contribution in [3.05, 3.63) is 95.6 Å². The quantitative estimate of drug-likeness (QED) is 0.501. The second-order valence-electron chi connectivity index (χ2n) is 6.93. The van der Waals surface area contributed by atoms with Gasteiger partial charge in [-0.05, 0) is 41.0 Å². The van der Waals surface area contributed by atoms with Crippen LogP contribution in [0.5, 0.6) is 11.5 Å². The maximum Gasteiger partial charge on any atom is 0.329 e. The van der Waals surface area contributed by atoms with Crippen molar-refractivity contribution in [2.45, 2.75) is 25.5 Å². The van der Waals surface area contributed by atoms with Gasteiger partial charge in [0.15, 0.2) is 0 Å². The number of phenolic OH excluding ortho intramolecular Hbond substituents is 2. The number of phenols is 2. The summed E-state index contributed by atoms with van der Waals surface area (Å²) in [6.07, 6.45) is 0.299. The first-order chi connectivity index (χ1) is 14.5. The van der Waals surface area contributed by atoms with Crippen LogP contribution < -0.4 is 5.32 Å². The molecule has 0 fully saturated rings. The van der Waals surface area contributed by atoms with Crippen LogP contribution in [0.2, 0.25) is 0 Å². The first-order valence-corrected chi connectivity index (χ1v) is 9.55. The number of hydrogen-bond acceptors (Lipinski definition) is 5. The fourth-order valence-corrected chi connectivity index (χ4v) is 2.93. The summed E-state index contributed by atoms with van der Waals surface area (Å²) in [7, 11) is 0. The molecule has 0 aromatic heterocycles. The lowest BCUT2D eigenvalue weighted by Crippen LogP contribution is -2.44. The first-order valence-electron chi connectivity index (χ1n) is 9.55. The van der Waals surface area contributed by atoms with Crippen LogP contribution >= 0.6 is 0 Å². The van der Waals surface area contributed by atoms with E-state index in [9.17, 15) is 19.8 Å². The van der Waals surface area contributed by atoms with Crippen molar-refractivity contribution >= 4 is 11.9 Å². The summed E-state index contributed by atoms with van der Waals surface area (Å²) in [5.41, 5.74) is 2.34. The number of aromatic hydroxyl groups is 2. The summed E-state index contributed by atoms with van der Waals surface area (Å²) in [6.45, 7) is 0.111. The van der Waals surface area contributed by atoms with Gasteiger partial charge >= 0.3 is 5.97 Å². The van der Waals surface area contributed by atoms with E-state index in [2.05, 4.69) is 5.32 Å². The Bertz CT molecular complexity index is 969. The number of nitrogens with one attached hydrogen (secondary N) is 1. The topological polar surface area (TPSA) is 95.9 Å². The number of hydrogen-bond donors (Lipinski definition) is 3. The predicted molar refractivity (Wildman–Crippen MR) is 112 cm³/mol. The Morgan fingerprint density at radius 1 is 0.767 bits per heavy atom. The Morgan fingerprint density at radius 2 is 1.33 bits per heavy atom. The van der Waals surface area contributed by atoms with Gasteiger partial charge in [-0.15, -0.1) is 0 Å². The van der Waals surface area contributed by atoms with Crippen LogP contribution in [0.1, 0.15) is 16.7 Å². The van der Waals surface area contributed by atoms with Crippen molar-refractivity contribution in [2.75, 3.05) is 0 Å². The number of benzene rings is 3. The molecule has 1 amide bonds. The Balaban J connectivity index is 1.67. The third kappa shape index (κ3) is 6.38. The van der Waals surface area contributed by atoms with E-state index in [4.69, 9.17) is 4.74 Å². The first kappa shape index (κ1) is 20.9. The van der Waals surface area contributed by atoms with Gasteiger partial charge in [-0.25, -0.2) is 4.79 Å². The molecule has 3 aromatic carbocycles. The number of esters is 1. The second kappa shape index (κ2) is 10.1.